The molecule has 0 aromatic heterocycles. The lowest BCUT2D eigenvalue weighted by molar-refractivity contribution is -0.132. The van der Waals surface area contributed by atoms with Crippen molar-refractivity contribution in [3.63, 3.8) is 0 Å². The smallest absolute Gasteiger partial charge is 0.338 e. The number of nitrogens with zero attached hydrogens (tertiary/aromatic N) is 1. The largest absolute Gasteiger partial charge is 0.507 e. The molecule has 1 unspecified atom stereocenters. The third-order valence-electron chi connectivity index (χ3n) is 6.94. The average Bonchev–Trinajstić information content (AvgIpc) is 3.18. The maximum atomic E-state index is 13.6. The zero-order valence-electron chi connectivity index (χ0n) is 23.8. The number of carbonyl (C=O) groups excluding carboxylic acids is 3. The van der Waals surface area contributed by atoms with Crippen molar-refractivity contribution in [3.05, 3.63) is 100 Å². The standard InChI is InChI=1S/C33H35NO6/c1-7-39-26-18-15-22(19-25(26)33(4,5)6)29(35)27-28(24-12-10-9-11-20(24)3)34(31(37)30(27)36)23-16-13-21(14-17-23)32(38)40-8-2/h9-19,28,35H,7-8H2,1-6H3/b29-27+. The number of rotatable bonds is 7. The van der Waals surface area contributed by atoms with Crippen molar-refractivity contribution in [2.24, 2.45) is 0 Å². The van der Waals surface area contributed by atoms with Crippen molar-refractivity contribution >= 4 is 29.1 Å². The number of hydrogen-bond acceptors (Lipinski definition) is 6. The van der Waals surface area contributed by atoms with Crippen LogP contribution in [0.15, 0.2) is 72.3 Å². The number of aliphatic hydroxyl groups is 1. The molecule has 1 fully saturated rings. The van der Waals surface area contributed by atoms with Crippen LogP contribution in [0.5, 0.6) is 5.75 Å². The molecule has 40 heavy (non-hydrogen) atoms. The highest BCUT2D eigenvalue weighted by atomic mass is 16.5. The number of ketones is 1. The van der Waals surface area contributed by atoms with Gasteiger partial charge in [-0.2, -0.15) is 0 Å². The Morgan fingerprint density at radius 1 is 0.925 bits per heavy atom. The molecule has 1 heterocycles. The number of ether oxygens (including phenoxy) is 2. The molecule has 0 aliphatic carbocycles. The topological polar surface area (TPSA) is 93.1 Å². The Bertz CT molecular complexity index is 1480. The fourth-order valence-corrected chi connectivity index (χ4v) is 4.96. The first-order chi connectivity index (χ1) is 19.0. The van der Waals surface area contributed by atoms with Crippen molar-refractivity contribution in [1.82, 2.24) is 0 Å². The van der Waals surface area contributed by atoms with E-state index in [0.29, 0.717) is 34.7 Å². The summed E-state index contributed by atoms with van der Waals surface area (Å²) in [6.07, 6.45) is 0. The van der Waals surface area contributed by atoms with E-state index < -0.39 is 23.7 Å². The molecule has 1 saturated heterocycles. The number of anilines is 1. The lowest BCUT2D eigenvalue weighted by Gasteiger charge is -2.27. The molecular weight excluding hydrogens is 506 g/mol. The van der Waals surface area contributed by atoms with Crippen molar-refractivity contribution in [3.8, 4) is 5.75 Å². The Kier molecular flexibility index (Phi) is 8.14. The van der Waals surface area contributed by atoms with Crippen molar-refractivity contribution < 1.29 is 29.0 Å². The second-order valence-electron chi connectivity index (χ2n) is 10.7. The van der Waals surface area contributed by atoms with Crippen LogP contribution in [0.2, 0.25) is 0 Å². The molecule has 0 bridgehead atoms. The van der Waals surface area contributed by atoms with Gasteiger partial charge in [0.1, 0.15) is 11.5 Å². The van der Waals surface area contributed by atoms with Crippen molar-refractivity contribution in [2.45, 2.75) is 53.0 Å². The summed E-state index contributed by atoms with van der Waals surface area (Å²) in [6.45, 7) is 12.4. The van der Waals surface area contributed by atoms with Crippen molar-refractivity contribution in [2.75, 3.05) is 18.1 Å². The summed E-state index contributed by atoms with van der Waals surface area (Å²) in [4.78, 5) is 40.7. The number of benzene rings is 3. The molecule has 0 spiro atoms. The first-order valence-electron chi connectivity index (χ1n) is 13.4. The Hall–Kier alpha value is -4.39. The van der Waals surface area contributed by atoms with Crippen LogP contribution in [0.25, 0.3) is 5.76 Å². The maximum absolute atomic E-state index is 13.6. The Morgan fingerprint density at radius 2 is 1.57 bits per heavy atom. The summed E-state index contributed by atoms with van der Waals surface area (Å²) in [5, 5.41) is 11.7. The molecule has 4 rings (SSSR count). The van der Waals surface area contributed by atoms with Crippen LogP contribution in [0.1, 0.15) is 73.3 Å². The van der Waals surface area contributed by atoms with Gasteiger partial charge in [0, 0.05) is 16.8 Å². The zero-order chi connectivity index (χ0) is 29.2. The van der Waals surface area contributed by atoms with Crippen molar-refractivity contribution in [1.29, 1.82) is 0 Å². The lowest BCUT2D eigenvalue weighted by atomic mass is 9.84. The van der Waals surface area contributed by atoms with E-state index in [2.05, 4.69) is 0 Å². The van der Waals surface area contributed by atoms with Gasteiger partial charge in [-0.3, -0.25) is 14.5 Å². The van der Waals surface area contributed by atoms with Gasteiger partial charge in [0.15, 0.2) is 0 Å². The van der Waals surface area contributed by atoms with E-state index in [0.717, 1.165) is 11.1 Å². The van der Waals surface area contributed by atoms with Gasteiger partial charge in [-0.1, -0.05) is 45.0 Å². The molecule has 7 heteroatoms. The number of esters is 1. The number of aryl methyl sites for hydroxylation is 1. The molecule has 1 N–H and O–H groups in total. The zero-order valence-corrected chi connectivity index (χ0v) is 23.8. The lowest BCUT2D eigenvalue weighted by Crippen LogP contribution is -2.29. The first kappa shape index (κ1) is 28.6. The van der Waals surface area contributed by atoms with Gasteiger partial charge in [-0.05, 0) is 79.8 Å². The average molecular weight is 542 g/mol. The second-order valence-corrected chi connectivity index (χ2v) is 10.7. The highest BCUT2D eigenvalue weighted by Gasteiger charge is 2.47. The molecule has 3 aromatic carbocycles. The first-order valence-corrected chi connectivity index (χ1v) is 13.4. The highest BCUT2D eigenvalue weighted by Crippen LogP contribution is 2.44. The SMILES string of the molecule is CCOC(=O)c1ccc(N2C(=O)C(=O)/C(=C(/O)c3ccc(OCC)c(C(C)(C)C)c3)C2c2ccccc2C)cc1. The second kappa shape index (κ2) is 11.4. The van der Waals surface area contributed by atoms with Crippen LogP contribution in [-0.4, -0.2) is 36.0 Å². The van der Waals surface area contributed by atoms with Crippen LogP contribution < -0.4 is 9.64 Å². The molecule has 1 atom stereocenters. The molecule has 208 valence electrons. The quantitative estimate of drug-likeness (QED) is 0.159. The van der Waals surface area contributed by atoms with Gasteiger partial charge in [0.2, 0.25) is 0 Å². The monoisotopic (exact) mass is 541 g/mol. The number of hydrogen-bond donors (Lipinski definition) is 1. The van der Waals surface area contributed by atoms with Gasteiger partial charge in [0.25, 0.3) is 11.7 Å². The van der Waals surface area contributed by atoms with Crippen LogP contribution in [-0.2, 0) is 19.7 Å². The maximum Gasteiger partial charge on any atom is 0.338 e. The van der Waals surface area contributed by atoms with E-state index in [1.807, 2.05) is 65.0 Å². The third kappa shape index (κ3) is 5.37. The third-order valence-corrected chi connectivity index (χ3v) is 6.94. The Morgan fingerprint density at radius 3 is 2.17 bits per heavy atom. The van der Waals surface area contributed by atoms with E-state index >= 15 is 0 Å². The molecule has 3 aromatic rings. The van der Waals surface area contributed by atoms with E-state index in [1.54, 1.807) is 43.3 Å². The normalized spacial score (nSPS) is 16.8. The predicted molar refractivity (Wildman–Crippen MR) is 155 cm³/mol. The Balaban J connectivity index is 1.91. The Labute approximate surface area is 235 Å². The number of carbonyl (C=O) groups is 3. The van der Waals surface area contributed by atoms with Crippen LogP contribution in [0, 0.1) is 6.92 Å². The van der Waals surface area contributed by atoms with Gasteiger partial charge >= 0.3 is 5.97 Å². The van der Waals surface area contributed by atoms with Crippen LogP contribution in [0.3, 0.4) is 0 Å². The van der Waals surface area contributed by atoms with Gasteiger partial charge in [-0.15, -0.1) is 0 Å². The summed E-state index contributed by atoms with van der Waals surface area (Å²) in [5.41, 5.74) is 3.30. The van der Waals surface area contributed by atoms with E-state index in [4.69, 9.17) is 9.47 Å². The number of aliphatic hydroxyl groups excluding tert-OH is 1. The predicted octanol–water partition coefficient (Wildman–Crippen LogP) is 6.49. The minimum Gasteiger partial charge on any atom is -0.507 e. The summed E-state index contributed by atoms with van der Waals surface area (Å²) >= 11 is 0. The number of amides is 1. The molecule has 7 nitrogen and oxygen atoms in total. The molecular formula is C33H35NO6. The summed E-state index contributed by atoms with van der Waals surface area (Å²) in [5.74, 6) is -1.58. The minimum atomic E-state index is -0.876. The number of Topliss-reactive ketones (excluding diaryl/α,β-unsaturated/α-hetero) is 1. The van der Waals surface area contributed by atoms with Gasteiger partial charge in [-0.25, -0.2) is 4.79 Å². The van der Waals surface area contributed by atoms with Gasteiger partial charge in [0.05, 0.1) is 30.4 Å². The molecule has 0 saturated carbocycles. The van der Waals surface area contributed by atoms with E-state index in [-0.39, 0.29) is 23.4 Å². The summed E-state index contributed by atoms with van der Waals surface area (Å²) in [6, 6.07) is 18.2. The summed E-state index contributed by atoms with van der Waals surface area (Å²) in [7, 11) is 0. The van der Waals surface area contributed by atoms with E-state index in [1.165, 1.54) is 4.90 Å². The minimum absolute atomic E-state index is 0.00205. The van der Waals surface area contributed by atoms with Crippen LogP contribution in [0.4, 0.5) is 5.69 Å². The van der Waals surface area contributed by atoms with Gasteiger partial charge < -0.3 is 14.6 Å². The fourth-order valence-electron chi connectivity index (χ4n) is 4.96. The van der Waals surface area contributed by atoms with Crippen LogP contribution >= 0.6 is 0 Å². The molecule has 0 radical (unpaired) electrons. The molecule has 1 aliphatic rings. The molecule has 1 amide bonds. The highest BCUT2D eigenvalue weighted by molar-refractivity contribution is 6.51. The summed E-state index contributed by atoms with van der Waals surface area (Å²) < 4.78 is 10.9. The fraction of sp³-hybridized carbons (Fsp3) is 0.303. The molecule has 1 aliphatic heterocycles. The van der Waals surface area contributed by atoms with E-state index in [9.17, 15) is 19.5 Å².